The summed E-state index contributed by atoms with van der Waals surface area (Å²) in [5.74, 6) is 0.0571. The molecule has 0 amide bonds. The average molecular weight is 289 g/mol. The van der Waals surface area contributed by atoms with Crippen molar-refractivity contribution in [1.82, 2.24) is 15.5 Å². The first kappa shape index (κ1) is 15.4. The predicted molar refractivity (Wildman–Crippen MR) is 79.8 cm³/mol. The zero-order valence-electron chi connectivity index (χ0n) is 12.8. The number of aromatic nitrogens is 2. The van der Waals surface area contributed by atoms with Gasteiger partial charge in [-0.1, -0.05) is 12.1 Å². The first-order chi connectivity index (χ1) is 9.85. The molecule has 1 N–H and O–H groups in total. The van der Waals surface area contributed by atoms with E-state index in [1.54, 1.807) is 31.2 Å². The Balaban J connectivity index is 2.04. The molecular formula is C16H20FN3O. The Hall–Kier alpha value is -2.01. The zero-order valence-corrected chi connectivity index (χ0v) is 12.8. The number of nitrogens with one attached hydrogen (secondary N) is 1. The van der Waals surface area contributed by atoms with Crippen LogP contribution in [0.2, 0.25) is 0 Å². The molecule has 0 saturated carbocycles. The number of aryl methyl sites for hydroxylation is 1. The van der Waals surface area contributed by atoms with Gasteiger partial charge in [-0.3, -0.25) is 0 Å². The van der Waals surface area contributed by atoms with Gasteiger partial charge >= 0.3 is 0 Å². The normalized spacial score (nSPS) is 11.5. The molecule has 4 nitrogen and oxygen atoms in total. The summed E-state index contributed by atoms with van der Waals surface area (Å²) < 4.78 is 19.3. The first-order valence-corrected chi connectivity index (χ1v) is 6.86. The van der Waals surface area contributed by atoms with Gasteiger partial charge in [0, 0.05) is 18.2 Å². The molecule has 5 heteroatoms. The second-order valence-electron chi connectivity index (χ2n) is 5.96. The number of hydrogen-bond donors (Lipinski definition) is 1. The minimum absolute atomic E-state index is 0.0154. The van der Waals surface area contributed by atoms with E-state index in [9.17, 15) is 4.39 Å². The molecule has 0 aliphatic carbocycles. The summed E-state index contributed by atoms with van der Waals surface area (Å²) in [6.45, 7) is 8.56. The SMILES string of the molecule is Cc1cccc(Oc2ccc(CNC(C)(C)C)nn2)c1F. The number of hydrogen-bond acceptors (Lipinski definition) is 4. The van der Waals surface area contributed by atoms with Crippen molar-refractivity contribution < 1.29 is 9.13 Å². The fourth-order valence-electron chi connectivity index (χ4n) is 1.66. The highest BCUT2D eigenvalue weighted by Gasteiger charge is 2.10. The molecule has 1 aromatic heterocycles. The van der Waals surface area contributed by atoms with Crippen LogP contribution in [-0.4, -0.2) is 15.7 Å². The number of rotatable bonds is 4. The van der Waals surface area contributed by atoms with Gasteiger partial charge in [-0.25, -0.2) is 4.39 Å². The van der Waals surface area contributed by atoms with Crippen molar-refractivity contribution >= 4 is 0 Å². The molecule has 2 rings (SSSR count). The van der Waals surface area contributed by atoms with E-state index < -0.39 is 0 Å². The lowest BCUT2D eigenvalue weighted by Crippen LogP contribution is -2.35. The second kappa shape index (κ2) is 6.18. The van der Waals surface area contributed by atoms with Crippen LogP contribution in [0.3, 0.4) is 0 Å². The summed E-state index contributed by atoms with van der Waals surface area (Å²) in [7, 11) is 0. The van der Waals surface area contributed by atoms with Crippen LogP contribution in [0.4, 0.5) is 4.39 Å². The van der Waals surface area contributed by atoms with Crippen LogP contribution < -0.4 is 10.1 Å². The van der Waals surface area contributed by atoms with Crippen molar-refractivity contribution in [3.8, 4) is 11.6 Å². The Kier molecular flexibility index (Phi) is 4.53. The maximum absolute atomic E-state index is 13.8. The lowest BCUT2D eigenvalue weighted by atomic mass is 10.1. The third kappa shape index (κ3) is 4.49. The van der Waals surface area contributed by atoms with Crippen LogP contribution in [0.25, 0.3) is 0 Å². The molecule has 0 radical (unpaired) electrons. The molecule has 0 atom stereocenters. The van der Waals surface area contributed by atoms with Crippen LogP contribution in [-0.2, 0) is 6.54 Å². The van der Waals surface area contributed by atoms with Gasteiger partial charge in [-0.2, -0.15) is 5.10 Å². The summed E-state index contributed by atoms with van der Waals surface area (Å²) >= 11 is 0. The van der Waals surface area contributed by atoms with Crippen LogP contribution in [0.5, 0.6) is 11.6 Å². The Morgan fingerprint density at radius 2 is 1.90 bits per heavy atom. The second-order valence-corrected chi connectivity index (χ2v) is 5.96. The summed E-state index contributed by atoms with van der Waals surface area (Å²) in [5.41, 5.74) is 1.36. The summed E-state index contributed by atoms with van der Waals surface area (Å²) in [6.07, 6.45) is 0. The largest absolute Gasteiger partial charge is 0.434 e. The molecule has 0 fully saturated rings. The summed E-state index contributed by atoms with van der Waals surface area (Å²) in [4.78, 5) is 0. The highest BCUT2D eigenvalue weighted by molar-refractivity contribution is 5.32. The third-order valence-electron chi connectivity index (χ3n) is 2.87. The van der Waals surface area contributed by atoms with E-state index in [0.717, 1.165) is 5.69 Å². The van der Waals surface area contributed by atoms with Crippen molar-refractivity contribution in [2.45, 2.75) is 39.8 Å². The van der Waals surface area contributed by atoms with Gasteiger partial charge in [0.25, 0.3) is 0 Å². The summed E-state index contributed by atoms with van der Waals surface area (Å²) in [6, 6.07) is 8.50. The maximum Gasteiger partial charge on any atom is 0.239 e. The topological polar surface area (TPSA) is 47.0 Å². The molecule has 21 heavy (non-hydrogen) atoms. The van der Waals surface area contributed by atoms with E-state index in [1.807, 2.05) is 6.07 Å². The average Bonchev–Trinajstić information content (AvgIpc) is 2.42. The van der Waals surface area contributed by atoms with E-state index in [1.165, 1.54) is 0 Å². The molecule has 112 valence electrons. The molecule has 2 aromatic rings. The number of ether oxygens (including phenoxy) is 1. The van der Waals surface area contributed by atoms with Gasteiger partial charge < -0.3 is 10.1 Å². The zero-order chi connectivity index (χ0) is 15.5. The minimum Gasteiger partial charge on any atom is -0.434 e. The van der Waals surface area contributed by atoms with Gasteiger partial charge in [0.15, 0.2) is 11.6 Å². The van der Waals surface area contributed by atoms with Gasteiger partial charge in [0.2, 0.25) is 5.88 Å². The van der Waals surface area contributed by atoms with Crippen molar-refractivity contribution in [2.24, 2.45) is 0 Å². The van der Waals surface area contributed by atoms with E-state index in [0.29, 0.717) is 12.1 Å². The lowest BCUT2D eigenvalue weighted by molar-refractivity contribution is 0.409. The molecule has 1 aromatic carbocycles. The quantitative estimate of drug-likeness (QED) is 0.934. The van der Waals surface area contributed by atoms with E-state index in [-0.39, 0.29) is 23.0 Å². The van der Waals surface area contributed by atoms with Gasteiger partial charge in [0.05, 0.1) is 5.69 Å². The van der Waals surface area contributed by atoms with E-state index in [4.69, 9.17) is 4.74 Å². The van der Waals surface area contributed by atoms with Crippen LogP contribution >= 0.6 is 0 Å². The van der Waals surface area contributed by atoms with E-state index >= 15 is 0 Å². The number of halogens is 1. The smallest absolute Gasteiger partial charge is 0.239 e. The molecule has 0 saturated heterocycles. The van der Waals surface area contributed by atoms with Crippen molar-refractivity contribution in [2.75, 3.05) is 0 Å². The fraction of sp³-hybridized carbons (Fsp3) is 0.375. The lowest BCUT2D eigenvalue weighted by Gasteiger charge is -2.19. The van der Waals surface area contributed by atoms with Gasteiger partial charge in [-0.05, 0) is 45.4 Å². The molecule has 0 aliphatic heterocycles. The molecule has 0 bridgehead atoms. The molecule has 0 spiro atoms. The monoisotopic (exact) mass is 289 g/mol. The predicted octanol–water partition coefficient (Wildman–Crippen LogP) is 3.60. The van der Waals surface area contributed by atoms with Crippen molar-refractivity contribution in [3.05, 3.63) is 47.4 Å². The molecule has 0 unspecified atom stereocenters. The third-order valence-corrected chi connectivity index (χ3v) is 2.87. The van der Waals surface area contributed by atoms with Crippen molar-refractivity contribution in [1.29, 1.82) is 0 Å². The van der Waals surface area contributed by atoms with Crippen LogP contribution in [0.15, 0.2) is 30.3 Å². The summed E-state index contributed by atoms with van der Waals surface area (Å²) in [5, 5.41) is 11.4. The number of benzene rings is 1. The maximum atomic E-state index is 13.8. The van der Waals surface area contributed by atoms with Crippen LogP contribution in [0.1, 0.15) is 32.0 Å². The van der Waals surface area contributed by atoms with Gasteiger partial charge in [0.1, 0.15) is 0 Å². The Morgan fingerprint density at radius 3 is 2.52 bits per heavy atom. The standard InChI is InChI=1S/C16H20FN3O/c1-11-6-5-7-13(15(11)17)21-14-9-8-12(19-20-14)10-18-16(2,3)4/h5-9,18H,10H2,1-4H3. The Bertz CT molecular complexity index is 606. The fourth-order valence-corrected chi connectivity index (χ4v) is 1.66. The van der Waals surface area contributed by atoms with Crippen LogP contribution in [0, 0.1) is 12.7 Å². The minimum atomic E-state index is -0.377. The Labute approximate surface area is 124 Å². The van der Waals surface area contributed by atoms with Gasteiger partial charge in [-0.15, -0.1) is 5.10 Å². The van der Waals surface area contributed by atoms with E-state index in [2.05, 4.69) is 36.3 Å². The van der Waals surface area contributed by atoms with Crippen molar-refractivity contribution in [3.63, 3.8) is 0 Å². The molecule has 0 aliphatic rings. The number of nitrogens with zero attached hydrogens (tertiary/aromatic N) is 2. The molecular weight excluding hydrogens is 269 g/mol. The first-order valence-electron chi connectivity index (χ1n) is 6.86. The highest BCUT2D eigenvalue weighted by Crippen LogP contribution is 2.24. The highest BCUT2D eigenvalue weighted by atomic mass is 19.1. The molecule has 1 heterocycles. The Morgan fingerprint density at radius 1 is 1.14 bits per heavy atom.